The average Bonchev–Trinajstić information content (AvgIpc) is 2.65. The zero-order valence-electron chi connectivity index (χ0n) is 14.6. The predicted octanol–water partition coefficient (Wildman–Crippen LogP) is 2.99. The summed E-state index contributed by atoms with van der Waals surface area (Å²) in [6, 6.07) is 6.51. The van der Waals surface area contributed by atoms with Gasteiger partial charge in [0.05, 0.1) is 11.2 Å². The minimum absolute atomic E-state index is 0.503. The summed E-state index contributed by atoms with van der Waals surface area (Å²) in [6.07, 6.45) is 7.00. The van der Waals surface area contributed by atoms with E-state index in [2.05, 4.69) is 15.8 Å². The molecule has 0 spiro atoms. The fourth-order valence-electron chi connectivity index (χ4n) is 3.56. The Hall–Kier alpha value is -1.89. The first-order chi connectivity index (χ1) is 12.5. The van der Waals surface area contributed by atoms with Gasteiger partial charge in [-0.25, -0.2) is 0 Å². The third-order valence-electron chi connectivity index (χ3n) is 5.03. The molecule has 1 aromatic carbocycles. The number of nitrogens with zero attached hydrogens (tertiary/aromatic N) is 1. The van der Waals surface area contributed by atoms with Gasteiger partial charge in [0.15, 0.2) is 0 Å². The second-order valence-electron chi connectivity index (χ2n) is 6.98. The number of hydrogen-bond donors (Lipinski definition) is 4. The maximum atomic E-state index is 12.2. The SMILES string of the molecule is N[C@H](CC1CCCCC1)C(O)C(=O)NNc1ccnc2cc(Cl)ccc12. The number of hydrogen-bond acceptors (Lipinski definition) is 5. The van der Waals surface area contributed by atoms with Gasteiger partial charge >= 0.3 is 0 Å². The average molecular weight is 377 g/mol. The molecule has 1 amide bonds. The summed E-state index contributed by atoms with van der Waals surface area (Å²) in [5.74, 6) is -0.0321. The fourth-order valence-corrected chi connectivity index (χ4v) is 3.73. The number of fused-ring (bicyclic) bond motifs is 1. The molecule has 1 saturated carbocycles. The van der Waals surface area contributed by atoms with E-state index in [1.54, 1.807) is 24.4 Å². The molecule has 6 nitrogen and oxygen atoms in total. The minimum atomic E-state index is -1.24. The Morgan fingerprint density at radius 2 is 2.08 bits per heavy atom. The molecule has 0 aliphatic heterocycles. The first-order valence-corrected chi connectivity index (χ1v) is 9.46. The molecule has 1 heterocycles. The van der Waals surface area contributed by atoms with Gasteiger partial charge in [0.1, 0.15) is 6.10 Å². The van der Waals surface area contributed by atoms with Crippen molar-refractivity contribution in [3.8, 4) is 0 Å². The molecule has 7 heteroatoms. The van der Waals surface area contributed by atoms with Gasteiger partial charge in [0.2, 0.25) is 0 Å². The van der Waals surface area contributed by atoms with Gasteiger partial charge in [-0.1, -0.05) is 43.7 Å². The van der Waals surface area contributed by atoms with Crippen molar-refractivity contribution in [1.82, 2.24) is 10.4 Å². The van der Waals surface area contributed by atoms with Gasteiger partial charge in [0, 0.05) is 22.6 Å². The molecule has 1 fully saturated rings. The van der Waals surface area contributed by atoms with E-state index >= 15 is 0 Å². The van der Waals surface area contributed by atoms with Gasteiger partial charge in [-0.05, 0) is 36.6 Å². The number of amides is 1. The van der Waals surface area contributed by atoms with Crippen LogP contribution < -0.4 is 16.6 Å². The highest BCUT2D eigenvalue weighted by molar-refractivity contribution is 6.31. The third kappa shape index (κ3) is 4.63. The van der Waals surface area contributed by atoms with Crippen molar-refractivity contribution < 1.29 is 9.90 Å². The Bertz CT molecular complexity index is 764. The minimum Gasteiger partial charge on any atom is -0.382 e. The van der Waals surface area contributed by atoms with E-state index in [1.807, 2.05) is 6.07 Å². The molecular weight excluding hydrogens is 352 g/mol. The molecule has 2 aromatic rings. The molecule has 1 aromatic heterocycles. The van der Waals surface area contributed by atoms with Crippen LogP contribution in [0.25, 0.3) is 10.9 Å². The summed E-state index contributed by atoms with van der Waals surface area (Å²) in [4.78, 5) is 16.5. The van der Waals surface area contributed by atoms with Crippen LogP contribution >= 0.6 is 11.6 Å². The lowest BCUT2D eigenvalue weighted by molar-refractivity contribution is -0.130. The zero-order valence-corrected chi connectivity index (χ0v) is 15.4. The summed E-state index contributed by atoms with van der Waals surface area (Å²) < 4.78 is 0. The van der Waals surface area contributed by atoms with Crippen molar-refractivity contribution >= 4 is 34.1 Å². The van der Waals surface area contributed by atoms with Gasteiger partial charge in [0.25, 0.3) is 5.91 Å². The number of rotatable bonds is 6. The van der Waals surface area contributed by atoms with E-state index in [9.17, 15) is 9.90 Å². The van der Waals surface area contributed by atoms with E-state index in [-0.39, 0.29) is 0 Å². The van der Waals surface area contributed by atoms with Crippen LogP contribution in [0, 0.1) is 5.92 Å². The summed E-state index contributed by atoms with van der Waals surface area (Å²) in [7, 11) is 0. The molecule has 1 aliphatic carbocycles. The molecule has 5 N–H and O–H groups in total. The van der Waals surface area contributed by atoms with Crippen LogP contribution in [0.2, 0.25) is 5.02 Å². The fraction of sp³-hybridized carbons (Fsp3) is 0.474. The normalized spacial score (nSPS) is 17.7. The number of nitrogens with two attached hydrogens (primary N) is 1. The van der Waals surface area contributed by atoms with Crippen molar-refractivity contribution in [1.29, 1.82) is 0 Å². The topological polar surface area (TPSA) is 100 Å². The zero-order chi connectivity index (χ0) is 18.5. The van der Waals surface area contributed by atoms with Crippen LogP contribution in [0.3, 0.4) is 0 Å². The summed E-state index contributed by atoms with van der Waals surface area (Å²) in [5.41, 5.74) is 12.8. The number of hydrazine groups is 1. The lowest BCUT2D eigenvalue weighted by Gasteiger charge is -2.26. The highest BCUT2D eigenvalue weighted by Gasteiger charge is 2.26. The quantitative estimate of drug-likeness (QED) is 0.581. The number of benzene rings is 1. The number of carbonyl (C=O) groups is 1. The lowest BCUT2D eigenvalue weighted by atomic mass is 9.84. The summed E-state index contributed by atoms with van der Waals surface area (Å²) in [5, 5.41) is 11.6. The van der Waals surface area contributed by atoms with Crippen LogP contribution in [0.4, 0.5) is 5.69 Å². The van der Waals surface area contributed by atoms with Gasteiger partial charge in [-0.15, -0.1) is 0 Å². The van der Waals surface area contributed by atoms with Crippen LogP contribution in [0.1, 0.15) is 38.5 Å². The first-order valence-electron chi connectivity index (χ1n) is 9.08. The monoisotopic (exact) mass is 376 g/mol. The molecule has 0 bridgehead atoms. The third-order valence-corrected chi connectivity index (χ3v) is 5.26. The molecule has 1 aliphatic rings. The van der Waals surface area contributed by atoms with Crippen LogP contribution in [0.5, 0.6) is 0 Å². The second kappa shape index (κ2) is 8.66. The number of halogens is 1. The number of anilines is 1. The Morgan fingerprint density at radius 3 is 2.85 bits per heavy atom. The molecule has 140 valence electrons. The lowest BCUT2D eigenvalue weighted by Crippen LogP contribution is -2.48. The van der Waals surface area contributed by atoms with Crippen molar-refractivity contribution in [2.75, 3.05) is 5.43 Å². The van der Waals surface area contributed by atoms with Crippen LogP contribution in [-0.2, 0) is 4.79 Å². The summed E-state index contributed by atoms with van der Waals surface area (Å²) in [6.45, 7) is 0. The molecule has 0 radical (unpaired) electrons. The maximum Gasteiger partial charge on any atom is 0.268 e. The van der Waals surface area contributed by atoms with E-state index in [1.165, 1.54) is 19.3 Å². The molecule has 1 unspecified atom stereocenters. The standard InChI is InChI=1S/C19H25ClN4O2/c20-13-6-7-14-16(8-9-22-17(14)11-13)23-24-19(26)18(25)15(21)10-12-4-2-1-3-5-12/h6-9,11-12,15,18,25H,1-5,10,21H2,(H,22,23)(H,24,26)/t15-,18?/m1/s1. The number of pyridine rings is 1. The van der Waals surface area contributed by atoms with Gasteiger partial charge < -0.3 is 10.8 Å². The van der Waals surface area contributed by atoms with Crippen molar-refractivity contribution in [3.05, 3.63) is 35.5 Å². The number of aliphatic hydroxyl groups is 1. The highest BCUT2D eigenvalue weighted by atomic mass is 35.5. The van der Waals surface area contributed by atoms with Crippen molar-refractivity contribution in [2.45, 2.75) is 50.7 Å². The number of nitrogens with one attached hydrogen (secondary N) is 2. The van der Waals surface area contributed by atoms with Crippen LogP contribution in [0.15, 0.2) is 30.5 Å². The van der Waals surface area contributed by atoms with E-state index in [0.29, 0.717) is 28.6 Å². The highest BCUT2D eigenvalue weighted by Crippen LogP contribution is 2.27. The molecule has 26 heavy (non-hydrogen) atoms. The van der Waals surface area contributed by atoms with Gasteiger partial charge in [-0.2, -0.15) is 0 Å². The maximum absolute atomic E-state index is 12.2. The summed E-state index contributed by atoms with van der Waals surface area (Å²) >= 11 is 5.98. The first kappa shape index (κ1) is 18.9. The number of aliphatic hydroxyl groups excluding tert-OH is 1. The predicted molar refractivity (Wildman–Crippen MR) is 104 cm³/mol. The Balaban J connectivity index is 1.57. The van der Waals surface area contributed by atoms with E-state index in [4.69, 9.17) is 17.3 Å². The smallest absolute Gasteiger partial charge is 0.268 e. The Labute approximate surface area is 158 Å². The molecular formula is C19H25ClN4O2. The Morgan fingerprint density at radius 1 is 1.31 bits per heavy atom. The molecule has 3 rings (SSSR count). The van der Waals surface area contributed by atoms with E-state index < -0.39 is 18.1 Å². The van der Waals surface area contributed by atoms with Crippen LogP contribution in [-0.4, -0.2) is 28.1 Å². The number of carbonyl (C=O) groups excluding carboxylic acids is 1. The van der Waals surface area contributed by atoms with Gasteiger partial charge in [-0.3, -0.25) is 20.6 Å². The Kier molecular flexibility index (Phi) is 6.29. The number of aromatic nitrogens is 1. The molecule has 2 atom stereocenters. The second-order valence-corrected chi connectivity index (χ2v) is 7.42. The van der Waals surface area contributed by atoms with E-state index in [0.717, 1.165) is 18.2 Å². The largest absolute Gasteiger partial charge is 0.382 e. The molecule has 0 saturated heterocycles. The van der Waals surface area contributed by atoms with Crippen molar-refractivity contribution in [2.24, 2.45) is 11.7 Å². The van der Waals surface area contributed by atoms with Crippen molar-refractivity contribution in [3.63, 3.8) is 0 Å².